The molecule has 0 amide bonds. The number of carboxylic acid groups (broad SMARTS) is 1. The van der Waals surface area contributed by atoms with Crippen LogP contribution in [0.5, 0.6) is 0 Å². The molecular weight excluding hydrogens is 210 g/mol. The highest BCUT2D eigenvalue weighted by Crippen LogP contribution is 2.10. The Balaban J connectivity index is 1.97. The van der Waals surface area contributed by atoms with Gasteiger partial charge < -0.3 is 14.8 Å². The van der Waals surface area contributed by atoms with Crippen LogP contribution in [0.25, 0.3) is 0 Å². The predicted molar refractivity (Wildman–Crippen MR) is 56.2 cm³/mol. The summed E-state index contributed by atoms with van der Waals surface area (Å²) in [6, 6.07) is 3.30. The molecule has 2 N–H and O–H groups in total. The molecule has 0 aliphatic heterocycles. The molecular formula is C10H11N3O3. The number of hydrogen-bond acceptors (Lipinski definition) is 4. The Morgan fingerprint density at radius 1 is 1.69 bits per heavy atom. The number of anilines is 1. The monoisotopic (exact) mass is 221 g/mol. The second-order valence-corrected chi connectivity index (χ2v) is 3.34. The fraction of sp³-hybridized carbons (Fsp3) is 0.200. The van der Waals surface area contributed by atoms with E-state index in [0.717, 1.165) is 5.82 Å². The fourth-order valence-corrected chi connectivity index (χ4v) is 1.27. The van der Waals surface area contributed by atoms with Crippen LogP contribution in [-0.4, -0.2) is 20.9 Å². The third-order valence-electron chi connectivity index (χ3n) is 2.06. The molecule has 0 bridgehead atoms. The summed E-state index contributed by atoms with van der Waals surface area (Å²) in [5, 5.41) is 15.8. The first-order chi connectivity index (χ1) is 7.65. The van der Waals surface area contributed by atoms with Crippen LogP contribution < -0.4 is 5.32 Å². The van der Waals surface area contributed by atoms with Gasteiger partial charge in [0.15, 0.2) is 0 Å². The standard InChI is InChI=1S/C10H11N3O3/c1-13-3-2-9(12-13)11-5-8-4-7(6-16-8)10(14)15/h2-4,6H,5H2,1H3,(H,11,12)(H,14,15). The minimum Gasteiger partial charge on any atom is -0.478 e. The van der Waals surface area contributed by atoms with Crippen LogP contribution >= 0.6 is 0 Å². The predicted octanol–water partition coefficient (Wildman–Crippen LogP) is 1.32. The average molecular weight is 221 g/mol. The highest BCUT2D eigenvalue weighted by atomic mass is 16.4. The maximum atomic E-state index is 10.6. The molecule has 0 saturated heterocycles. The van der Waals surface area contributed by atoms with E-state index < -0.39 is 5.97 Å². The Labute approximate surface area is 91.5 Å². The minimum atomic E-state index is -0.993. The number of rotatable bonds is 4. The van der Waals surface area contributed by atoms with Gasteiger partial charge in [0.2, 0.25) is 0 Å². The molecule has 0 aromatic carbocycles. The number of furan rings is 1. The van der Waals surface area contributed by atoms with Crippen LogP contribution in [0, 0.1) is 0 Å². The zero-order valence-electron chi connectivity index (χ0n) is 8.67. The van der Waals surface area contributed by atoms with E-state index in [2.05, 4.69) is 10.4 Å². The lowest BCUT2D eigenvalue weighted by atomic mass is 10.3. The smallest absolute Gasteiger partial charge is 0.338 e. The summed E-state index contributed by atoms with van der Waals surface area (Å²) in [5.41, 5.74) is 0.151. The van der Waals surface area contributed by atoms with Gasteiger partial charge >= 0.3 is 5.97 Å². The third-order valence-corrected chi connectivity index (χ3v) is 2.06. The quantitative estimate of drug-likeness (QED) is 0.813. The zero-order valence-corrected chi connectivity index (χ0v) is 8.67. The molecule has 0 aliphatic carbocycles. The van der Waals surface area contributed by atoms with Gasteiger partial charge in [-0.05, 0) is 6.07 Å². The van der Waals surface area contributed by atoms with E-state index >= 15 is 0 Å². The van der Waals surface area contributed by atoms with E-state index in [9.17, 15) is 4.79 Å². The van der Waals surface area contributed by atoms with Gasteiger partial charge in [-0.25, -0.2) is 4.79 Å². The largest absolute Gasteiger partial charge is 0.478 e. The molecule has 2 rings (SSSR count). The van der Waals surface area contributed by atoms with Gasteiger partial charge in [0, 0.05) is 19.3 Å². The first-order valence-corrected chi connectivity index (χ1v) is 4.69. The zero-order chi connectivity index (χ0) is 11.5. The van der Waals surface area contributed by atoms with Gasteiger partial charge in [-0.1, -0.05) is 0 Å². The molecule has 2 heterocycles. The fourth-order valence-electron chi connectivity index (χ4n) is 1.27. The third kappa shape index (κ3) is 2.22. The molecule has 0 unspecified atom stereocenters. The molecule has 6 heteroatoms. The van der Waals surface area contributed by atoms with Crippen molar-refractivity contribution in [3.8, 4) is 0 Å². The number of carbonyl (C=O) groups is 1. The molecule has 84 valence electrons. The van der Waals surface area contributed by atoms with E-state index in [1.807, 2.05) is 19.3 Å². The normalized spacial score (nSPS) is 10.3. The summed E-state index contributed by atoms with van der Waals surface area (Å²) in [5.74, 6) is 0.284. The highest BCUT2D eigenvalue weighted by Gasteiger charge is 2.08. The van der Waals surface area contributed by atoms with Gasteiger partial charge in [0.05, 0.1) is 12.1 Å². The topological polar surface area (TPSA) is 80.3 Å². The lowest BCUT2D eigenvalue weighted by Crippen LogP contribution is -2.00. The Hall–Kier alpha value is -2.24. The number of carboxylic acids is 1. The van der Waals surface area contributed by atoms with Gasteiger partial charge in [0.1, 0.15) is 17.8 Å². The van der Waals surface area contributed by atoms with Gasteiger partial charge in [-0.15, -0.1) is 0 Å². The lowest BCUT2D eigenvalue weighted by Gasteiger charge is -1.98. The number of nitrogens with one attached hydrogen (secondary N) is 1. The maximum Gasteiger partial charge on any atom is 0.338 e. The van der Waals surface area contributed by atoms with Gasteiger partial charge in [0.25, 0.3) is 0 Å². The van der Waals surface area contributed by atoms with E-state index in [1.165, 1.54) is 12.3 Å². The highest BCUT2D eigenvalue weighted by molar-refractivity contribution is 5.87. The van der Waals surface area contributed by atoms with Crippen molar-refractivity contribution in [1.29, 1.82) is 0 Å². The maximum absolute atomic E-state index is 10.6. The van der Waals surface area contributed by atoms with Crippen LogP contribution in [0.3, 0.4) is 0 Å². The Bertz CT molecular complexity index is 501. The van der Waals surface area contributed by atoms with Crippen molar-refractivity contribution in [1.82, 2.24) is 9.78 Å². The van der Waals surface area contributed by atoms with E-state index in [4.69, 9.17) is 9.52 Å². The number of aromatic carboxylic acids is 1. The van der Waals surface area contributed by atoms with Crippen LogP contribution in [0.4, 0.5) is 5.82 Å². The first-order valence-electron chi connectivity index (χ1n) is 4.69. The number of aromatic nitrogens is 2. The van der Waals surface area contributed by atoms with Gasteiger partial charge in [-0.2, -0.15) is 5.10 Å². The summed E-state index contributed by atoms with van der Waals surface area (Å²) in [7, 11) is 1.82. The van der Waals surface area contributed by atoms with E-state index in [1.54, 1.807) is 4.68 Å². The Morgan fingerprint density at radius 3 is 3.06 bits per heavy atom. The summed E-state index contributed by atoms with van der Waals surface area (Å²) in [4.78, 5) is 10.6. The number of aryl methyl sites for hydroxylation is 1. The van der Waals surface area contributed by atoms with Crippen molar-refractivity contribution in [2.24, 2.45) is 7.05 Å². The molecule has 16 heavy (non-hydrogen) atoms. The van der Waals surface area contributed by atoms with E-state index in [0.29, 0.717) is 12.3 Å². The molecule has 2 aromatic heterocycles. The molecule has 0 aliphatic rings. The van der Waals surface area contributed by atoms with Crippen LogP contribution in [0.1, 0.15) is 16.1 Å². The van der Waals surface area contributed by atoms with Crippen LogP contribution in [0.15, 0.2) is 29.0 Å². The molecule has 0 spiro atoms. The molecule has 0 saturated carbocycles. The minimum absolute atomic E-state index is 0.151. The molecule has 2 aromatic rings. The van der Waals surface area contributed by atoms with Crippen molar-refractivity contribution >= 4 is 11.8 Å². The van der Waals surface area contributed by atoms with Crippen molar-refractivity contribution in [2.75, 3.05) is 5.32 Å². The molecule has 0 atom stereocenters. The second-order valence-electron chi connectivity index (χ2n) is 3.34. The first kappa shape index (κ1) is 10.3. The van der Waals surface area contributed by atoms with Crippen molar-refractivity contribution < 1.29 is 14.3 Å². The average Bonchev–Trinajstić information content (AvgIpc) is 2.83. The summed E-state index contributed by atoms with van der Waals surface area (Å²) < 4.78 is 6.75. The summed E-state index contributed by atoms with van der Waals surface area (Å²) >= 11 is 0. The Morgan fingerprint density at radius 2 is 2.50 bits per heavy atom. The second kappa shape index (κ2) is 4.09. The van der Waals surface area contributed by atoms with Crippen molar-refractivity contribution in [2.45, 2.75) is 6.54 Å². The molecule has 0 radical (unpaired) electrons. The SMILES string of the molecule is Cn1ccc(NCc2cc(C(=O)O)co2)n1. The van der Waals surface area contributed by atoms with Crippen molar-refractivity contribution in [3.63, 3.8) is 0 Å². The molecule has 0 fully saturated rings. The number of nitrogens with zero attached hydrogens (tertiary/aromatic N) is 2. The summed E-state index contributed by atoms with van der Waals surface area (Å²) in [6.45, 7) is 0.407. The van der Waals surface area contributed by atoms with Gasteiger partial charge in [-0.3, -0.25) is 4.68 Å². The number of hydrogen-bond donors (Lipinski definition) is 2. The van der Waals surface area contributed by atoms with E-state index in [-0.39, 0.29) is 5.56 Å². The van der Waals surface area contributed by atoms with Crippen LogP contribution in [0.2, 0.25) is 0 Å². The Kier molecular flexibility index (Phi) is 2.63. The summed E-state index contributed by atoms with van der Waals surface area (Å²) in [6.07, 6.45) is 3.03. The lowest BCUT2D eigenvalue weighted by molar-refractivity contribution is 0.0696. The molecule has 6 nitrogen and oxygen atoms in total. The van der Waals surface area contributed by atoms with Crippen molar-refractivity contribution in [3.05, 3.63) is 35.9 Å². The van der Waals surface area contributed by atoms with Crippen LogP contribution in [-0.2, 0) is 13.6 Å².